The van der Waals surface area contributed by atoms with E-state index >= 15 is 0 Å². The van der Waals surface area contributed by atoms with E-state index in [-0.39, 0.29) is 17.1 Å². The van der Waals surface area contributed by atoms with E-state index in [1.165, 1.54) is 12.3 Å². The topological polar surface area (TPSA) is 81.0 Å². The molecule has 4 aromatic rings. The Balaban J connectivity index is 1.10. The van der Waals surface area contributed by atoms with Crippen molar-refractivity contribution in [2.24, 2.45) is 5.41 Å². The van der Waals surface area contributed by atoms with Crippen molar-refractivity contribution in [3.63, 3.8) is 0 Å². The lowest BCUT2D eigenvalue weighted by atomic mass is 9.63. The van der Waals surface area contributed by atoms with Crippen molar-refractivity contribution < 1.29 is 22.8 Å². The van der Waals surface area contributed by atoms with Crippen LogP contribution in [0.5, 0.6) is 0 Å². The fourth-order valence-electron chi connectivity index (χ4n) is 7.35. The Morgan fingerprint density at radius 1 is 1.05 bits per heavy atom. The summed E-state index contributed by atoms with van der Waals surface area (Å²) in [5, 5.41) is 5.18. The fraction of sp³-hybridized carbons (Fsp3) is 0.424. The number of likely N-dealkylation sites (tertiary alicyclic amines) is 1. The first-order valence-corrected chi connectivity index (χ1v) is 14.8. The molecule has 43 heavy (non-hydrogen) atoms. The van der Waals surface area contributed by atoms with E-state index in [9.17, 15) is 22.8 Å². The molecule has 1 atom stereocenters. The molecule has 2 fully saturated rings. The largest absolute Gasteiger partial charge is 0.416 e. The number of alkyl halides is 3. The number of Topliss-reactive ketones (excluding diaryl/α,β-unsaturated/α-hetero) is 2. The monoisotopic (exact) mass is 587 g/mol. The van der Waals surface area contributed by atoms with Crippen molar-refractivity contribution in [1.29, 1.82) is 0 Å². The number of hydrogen-bond donors (Lipinski definition) is 0. The van der Waals surface area contributed by atoms with Crippen LogP contribution in [0.3, 0.4) is 0 Å². The zero-order valence-corrected chi connectivity index (χ0v) is 24.2. The van der Waals surface area contributed by atoms with Gasteiger partial charge in [0.2, 0.25) is 0 Å². The molecule has 2 aromatic carbocycles. The number of hydrogen-bond acceptors (Lipinski definition) is 6. The molecule has 0 N–H and O–H groups in total. The van der Waals surface area contributed by atoms with Crippen molar-refractivity contribution in [1.82, 2.24) is 24.6 Å². The summed E-state index contributed by atoms with van der Waals surface area (Å²) in [5.41, 5.74) is 5.02. The summed E-state index contributed by atoms with van der Waals surface area (Å²) in [5.74, 6) is 0.562. The van der Waals surface area contributed by atoms with Gasteiger partial charge in [0, 0.05) is 55.2 Å². The van der Waals surface area contributed by atoms with Gasteiger partial charge in [0.1, 0.15) is 11.5 Å². The molecule has 1 unspecified atom stereocenters. The quantitative estimate of drug-likeness (QED) is 0.273. The van der Waals surface area contributed by atoms with Crippen LogP contribution in [0.25, 0.3) is 22.3 Å². The van der Waals surface area contributed by atoms with Crippen LogP contribution in [0.1, 0.15) is 76.5 Å². The molecule has 1 saturated heterocycles. The molecule has 3 aliphatic rings. The van der Waals surface area contributed by atoms with E-state index in [0.717, 1.165) is 66.0 Å². The second kappa shape index (κ2) is 10.1. The molecule has 1 aliphatic carbocycles. The predicted octanol–water partition coefficient (Wildman–Crippen LogP) is 6.44. The van der Waals surface area contributed by atoms with Crippen molar-refractivity contribution in [2.75, 3.05) is 13.1 Å². The minimum atomic E-state index is -4.43. The van der Waals surface area contributed by atoms with Crippen LogP contribution in [0.4, 0.5) is 13.2 Å². The summed E-state index contributed by atoms with van der Waals surface area (Å²) in [6.45, 7) is 7.19. The van der Waals surface area contributed by atoms with Gasteiger partial charge >= 0.3 is 6.18 Å². The highest BCUT2D eigenvalue weighted by molar-refractivity contribution is 6.01. The SMILES string of the molecule is Cc1cc(-c2ncc3cc(C(F)(F)F)ccc3n2)ccc1C1CCn2nc(CN3CCCC4(CC(=O)C4)C3)c(C)c2C1=O. The highest BCUT2D eigenvalue weighted by atomic mass is 19.4. The average Bonchev–Trinajstić information content (AvgIpc) is 3.27. The average molecular weight is 588 g/mol. The number of aryl methyl sites for hydroxylation is 2. The maximum absolute atomic E-state index is 13.9. The summed E-state index contributed by atoms with van der Waals surface area (Å²) < 4.78 is 41.1. The molecule has 222 valence electrons. The van der Waals surface area contributed by atoms with Crippen LogP contribution in [0.15, 0.2) is 42.6 Å². The van der Waals surface area contributed by atoms with Gasteiger partial charge in [-0.1, -0.05) is 12.1 Å². The third kappa shape index (κ3) is 4.95. The van der Waals surface area contributed by atoms with Gasteiger partial charge in [0.05, 0.1) is 22.7 Å². The number of nitrogens with zero attached hydrogens (tertiary/aromatic N) is 5. The fourth-order valence-corrected chi connectivity index (χ4v) is 7.35. The van der Waals surface area contributed by atoms with Crippen molar-refractivity contribution in [3.8, 4) is 11.4 Å². The van der Waals surface area contributed by atoms with Gasteiger partial charge in [-0.25, -0.2) is 9.97 Å². The van der Waals surface area contributed by atoms with E-state index in [4.69, 9.17) is 5.10 Å². The molecular formula is C33H32F3N5O2. The van der Waals surface area contributed by atoms with Crippen LogP contribution < -0.4 is 0 Å². The maximum atomic E-state index is 13.9. The number of ketones is 2. The third-order valence-corrected chi connectivity index (χ3v) is 9.54. The maximum Gasteiger partial charge on any atom is 0.416 e. The highest BCUT2D eigenvalue weighted by Gasteiger charge is 2.46. The molecule has 7 nitrogen and oxygen atoms in total. The third-order valence-electron chi connectivity index (χ3n) is 9.54. The summed E-state index contributed by atoms with van der Waals surface area (Å²) in [7, 11) is 0. The molecule has 1 spiro atoms. The number of carbonyl (C=O) groups excluding carboxylic acids is 2. The second-order valence-electron chi connectivity index (χ2n) is 12.6. The molecular weight excluding hydrogens is 555 g/mol. The lowest BCUT2D eigenvalue weighted by Gasteiger charge is -2.47. The van der Waals surface area contributed by atoms with Crippen LogP contribution in [-0.4, -0.2) is 49.3 Å². The van der Waals surface area contributed by atoms with Gasteiger partial charge in [0.15, 0.2) is 11.6 Å². The first-order valence-electron chi connectivity index (χ1n) is 14.8. The molecule has 1 saturated carbocycles. The number of aromatic nitrogens is 4. The normalized spacial score (nSPS) is 20.4. The smallest absolute Gasteiger partial charge is 0.300 e. The standard InChI is InChI=1S/C33H32F3N5O2/c1-19-12-21(31-37-16-22-13-23(33(34,35)36)5-7-27(22)38-31)4-6-25(19)26-8-11-41-29(30(26)43)20(2)28(39-41)17-40-10-3-9-32(18-40)14-24(42)15-32/h4-7,12-13,16,26H,3,8-11,14-15,17-18H2,1-2H3. The van der Waals surface area contributed by atoms with Gasteiger partial charge in [0.25, 0.3) is 0 Å². The van der Waals surface area contributed by atoms with Gasteiger partial charge in [-0.2, -0.15) is 18.3 Å². The Morgan fingerprint density at radius 2 is 1.86 bits per heavy atom. The van der Waals surface area contributed by atoms with Crippen molar-refractivity contribution in [2.45, 2.75) is 71.1 Å². The molecule has 2 aliphatic heterocycles. The molecule has 10 heteroatoms. The van der Waals surface area contributed by atoms with Crippen LogP contribution in [0, 0.1) is 19.3 Å². The predicted molar refractivity (Wildman–Crippen MR) is 155 cm³/mol. The zero-order valence-electron chi connectivity index (χ0n) is 24.2. The van der Waals surface area contributed by atoms with E-state index in [1.54, 1.807) is 0 Å². The molecule has 0 radical (unpaired) electrons. The van der Waals surface area contributed by atoms with E-state index in [0.29, 0.717) is 60.6 Å². The summed E-state index contributed by atoms with van der Waals surface area (Å²) in [6, 6.07) is 9.21. The van der Waals surface area contributed by atoms with Crippen molar-refractivity contribution >= 4 is 22.5 Å². The highest BCUT2D eigenvalue weighted by Crippen LogP contribution is 2.45. The Bertz CT molecular complexity index is 1790. The van der Waals surface area contributed by atoms with Crippen LogP contribution in [-0.2, 0) is 24.1 Å². The number of rotatable bonds is 4. The molecule has 0 bridgehead atoms. The molecule has 4 heterocycles. The number of carbonyl (C=O) groups is 2. The summed E-state index contributed by atoms with van der Waals surface area (Å²) >= 11 is 0. The Kier molecular flexibility index (Phi) is 6.54. The zero-order chi connectivity index (χ0) is 30.1. The number of halogens is 3. The van der Waals surface area contributed by atoms with Crippen LogP contribution >= 0.6 is 0 Å². The minimum Gasteiger partial charge on any atom is -0.300 e. The molecule has 0 amide bonds. The molecule has 7 rings (SSSR count). The van der Waals surface area contributed by atoms with Crippen molar-refractivity contribution in [3.05, 3.63) is 76.2 Å². The Morgan fingerprint density at radius 3 is 2.60 bits per heavy atom. The minimum absolute atomic E-state index is 0.0699. The second-order valence-corrected chi connectivity index (χ2v) is 12.6. The molecule has 2 aromatic heterocycles. The van der Waals surface area contributed by atoms with Gasteiger partial charge in [-0.3, -0.25) is 19.2 Å². The van der Waals surface area contributed by atoms with Gasteiger partial charge in [-0.15, -0.1) is 0 Å². The van der Waals surface area contributed by atoms with Crippen LogP contribution in [0.2, 0.25) is 0 Å². The first kappa shape index (κ1) is 27.9. The Hall–Kier alpha value is -3.92. The van der Waals surface area contributed by atoms with E-state index in [2.05, 4.69) is 14.9 Å². The van der Waals surface area contributed by atoms with E-state index in [1.807, 2.05) is 36.7 Å². The van der Waals surface area contributed by atoms with Gasteiger partial charge in [-0.05, 0) is 80.5 Å². The lowest BCUT2D eigenvalue weighted by molar-refractivity contribution is -0.138. The van der Waals surface area contributed by atoms with Gasteiger partial charge < -0.3 is 0 Å². The van der Waals surface area contributed by atoms with E-state index < -0.39 is 11.7 Å². The number of piperidine rings is 1. The summed E-state index contributed by atoms with van der Waals surface area (Å²) in [4.78, 5) is 36.8. The summed E-state index contributed by atoms with van der Waals surface area (Å²) in [6.07, 6.45) is 1.21. The lowest BCUT2D eigenvalue weighted by Crippen LogP contribution is -2.50. The Labute approximate surface area is 247 Å². The number of fused-ring (bicyclic) bond motifs is 2. The first-order chi connectivity index (χ1) is 20.5. The number of benzene rings is 2.